The van der Waals surface area contributed by atoms with Crippen LogP contribution in [0.4, 0.5) is 5.69 Å². The smallest absolute Gasteiger partial charge is 0.251 e. The highest BCUT2D eigenvalue weighted by Crippen LogP contribution is 2.26. The lowest BCUT2D eigenvalue weighted by Gasteiger charge is -2.15. The molecule has 52 heavy (non-hydrogen) atoms. The molecule has 0 aliphatic heterocycles. The molecule has 4 N–H and O–H groups in total. The first-order valence-electron chi connectivity index (χ1n) is 18.1. The third-order valence-electron chi connectivity index (χ3n) is 7.92. The van der Waals surface area contributed by atoms with Crippen molar-refractivity contribution in [2.24, 2.45) is 11.7 Å². The Bertz CT molecular complexity index is 1560. The average Bonchev–Trinajstić information content (AvgIpc) is 3.43. The van der Waals surface area contributed by atoms with Crippen molar-refractivity contribution in [1.82, 2.24) is 15.1 Å². The summed E-state index contributed by atoms with van der Waals surface area (Å²) in [6.07, 6.45) is 2.13. The summed E-state index contributed by atoms with van der Waals surface area (Å²) < 4.78 is 29.6. The predicted octanol–water partition coefficient (Wildman–Crippen LogP) is 4.69. The zero-order chi connectivity index (χ0) is 37.7. The van der Waals surface area contributed by atoms with Crippen LogP contribution in [0.1, 0.15) is 81.6 Å². The molecule has 1 aromatic heterocycles. The van der Waals surface area contributed by atoms with Gasteiger partial charge < -0.3 is 40.1 Å². The molecule has 0 spiro atoms. The molecule has 286 valence electrons. The Hall–Kier alpha value is -4.14. The SMILES string of the molecule is CC(=O)c1c(C)nn(-c2ccc(C(N)=O)c(NCCCOCCOCCOCCOCCOCCCNC(=O)c3cccc(C)c3)c2)c1CC(C)C. The molecule has 0 bridgehead atoms. The Morgan fingerprint density at radius 1 is 0.788 bits per heavy atom. The predicted molar refractivity (Wildman–Crippen MR) is 201 cm³/mol. The van der Waals surface area contributed by atoms with Gasteiger partial charge in [-0.2, -0.15) is 5.10 Å². The summed E-state index contributed by atoms with van der Waals surface area (Å²) in [5, 5.41) is 10.9. The highest BCUT2D eigenvalue weighted by atomic mass is 16.6. The fraction of sp³-hybridized carbons (Fsp3) is 0.538. The Labute approximate surface area is 307 Å². The van der Waals surface area contributed by atoms with Gasteiger partial charge in [-0.25, -0.2) is 4.68 Å². The minimum absolute atomic E-state index is 0.0168. The van der Waals surface area contributed by atoms with Gasteiger partial charge in [-0.1, -0.05) is 31.5 Å². The van der Waals surface area contributed by atoms with E-state index in [1.54, 1.807) is 29.8 Å². The number of amides is 2. The van der Waals surface area contributed by atoms with Crippen molar-refractivity contribution in [3.8, 4) is 5.69 Å². The zero-order valence-electron chi connectivity index (χ0n) is 31.5. The number of aryl methyl sites for hydroxylation is 2. The van der Waals surface area contributed by atoms with Crippen LogP contribution in [0.3, 0.4) is 0 Å². The van der Waals surface area contributed by atoms with Crippen LogP contribution in [0.25, 0.3) is 5.69 Å². The van der Waals surface area contributed by atoms with Crippen LogP contribution < -0.4 is 16.4 Å². The van der Waals surface area contributed by atoms with Crippen molar-refractivity contribution in [2.75, 3.05) is 84.5 Å². The van der Waals surface area contributed by atoms with Gasteiger partial charge in [0.05, 0.1) is 81.1 Å². The Kier molecular flexibility index (Phi) is 19.0. The van der Waals surface area contributed by atoms with E-state index in [9.17, 15) is 14.4 Å². The molecule has 0 fully saturated rings. The Morgan fingerprint density at radius 3 is 1.90 bits per heavy atom. The van der Waals surface area contributed by atoms with Crippen molar-refractivity contribution in [2.45, 2.75) is 53.9 Å². The molecule has 0 saturated heterocycles. The number of carbonyl (C=O) groups is 3. The fourth-order valence-electron chi connectivity index (χ4n) is 5.49. The van der Waals surface area contributed by atoms with E-state index >= 15 is 0 Å². The molecule has 2 amide bonds. The second-order valence-electron chi connectivity index (χ2n) is 12.9. The van der Waals surface area contributed by atoms with Crippen LogP contribution >= 0.6 is 0 Å². The number of nitrogens with two attached hydrogens (primary N) is 1. The van der Waals surface area contributed by atoms with Crippen molar-refractivity contribution in [3.63, 3.8) is 0 Å². The van der Waals surface area contributed by atoms with E-state index in [2.05, 4.69) is 29.6 Å². The summed E-state index contributed by atoms with van der Waals surface area (Å²) in [7, 11) is 0. The lowest BCUT2D eigenvalue weighted by Crippen LogP contribution is -2.25. The molecule has 0 radical (unpaired) electrons. The molecular weight excluding hydrogens is 666 g/mol. The summed E-state index contributed by atoms with van der Waals surface area (Å²) in [6.45, 7) is 15.5. The van der Waals surface area contributed by atoms with E-state index in [0.717, 1.165) is 23.4 Å². The number of primary amides is 1. The molecule has 0 unspecified atom stereocenters. The molecule has 1 heterocycles. The third kappa shape index (κ3) is 14.8. The number of benzene rings is 2. The summed E-state index contributed by atoms with van der Waals surface area (Å²) in [6, 6.07) is 12.8. The number of hydrogen-bond acceptors (Lipinski definition) is 10. The maximum absolute atomic E-state index is 12.4. The van der Waals surface area contributed by atoms with Crippen LogP contribution in [-0.2, 0) is 30.1 Å². The molecule has 0 saturated carbocycles. The molecule has 0 aliphatic carbocycles. The number of hydrogen-bond donors (Lipinski definition) is 3. The number of aromatic nitrogens is 2. The van der Waals surface area contributed by atoms with E-state index in [-0.39, 0.29) is 11.7 Å². The lowest BCUT2D eigenvalue weighted by molar-refractivity contribution is -0.0111. The Balaban J connectivity index is 1.19. The van der Waals surface area contributed by atoms with Gasteiger partial charge in [0.1, 0.15) is 0 Å². The number of Topliss-reactive ketones (excluding diaryl/α,β-unsaturated/α-hetero) is 1. The van der Waals surface area contributed by atoms with Gasteiger partial charge in [0.25, 0.3) is 11.8 Å². The first-order chi connectivity index (χ1) is 25.1. The van der Waals surface area contributed by atoms with E-state index in [4.69, 9.17) is 29.4 Å². The van der Waals surface area contributed by atoms with Gasteiger partial charge in [-0.05, 0) is 76.3 Å². The van der Waals surface area contributed by atoms with Crippen LogP contribution in [0.5, 0.6) is 0 Å². The Morgan fingerprint density at radius 2 is 1.37 bits per heavy atom. The van der Waals surface area contributed by atoms with Crippen molar-refractivity contribution < 1.29 is 38.1 Å². The van der Waals surface area contributed by atoms with Crippen LogP contribution in [-0.4, -0.2) is 107 Å². The normalized spacial score (nSPS) is 11.3. The zero-order valence-corrected chi connectivity index (χ0v) is 31.5. The first-order valence-corrected chi connectivity index (χ1v) is 18.1. The lowest BCUT2D eigenvalue weighted by atomic mass is 10.0. The number of anilines is 1. The number of ether oxygens (including phenoxy) is 5. The first kappa shape index (κ1) is 42.3. The topological polar surface area (TPSA) is 165 Å². The fourth-order valence-corrected chi connectivity index (χ4v) is 5.49. The van der Waals surface area contributed by atoms with Crippen LogP contribution in [0.15, 0.2) is 42.5 Å². The molecule has 3 aromatic rings. The minimum atomic E-state index is -0.530. The summed E-state index contributed by atoms with van der Waals surface area (Å²) in [5.41, 5.74) is 11.3. The summed E-state index contributed by atoms with van der Waals surface area (Å²) in [4.78, 5) is 36.7. The third-order valence-corrected chi connectivity index (χ3v) is 7.92. The second-order valence-corrected chi connectivity index (χ2v) is 12.9. The van der Waals surface area contributed by atoms with E-state index in [1.165, 1.54) is 0 Å². The summed E-state index contributed by atoms with van der Waals surface area (Å²) >= 11 is 0. The van der Waals surface area contributed by atoms with Crippen LogP contribution in [0, 0.1) is 19.8 Å². The van der Waals surface area contributed by atoms with Gasteiger partial charge in [0, 0.05) is 37.6 Å². The van der Waals surface area contributed by atoms with Crippen LogP contribution in [0.2, 0.25) is 0 Å². The molecule has 2 aromatic carbocycles. The van der Waals surface area contributed by atoms with Gasteiger partial charge >= 0.3 is 0 Å². The number of ketones is 1. The van der Waals surface area contributed by atoms with Gasteiger partial charge in [0.2, 0.25) is 0 Å². The maximum Gasteiger partial charge on any atom is 0.251 e. The maximum atomic E-state index is 12.4. The number of carbonyl (C=O) groups excluding carboxylic acids is 3. The van der Waals surface area contributed by atoms with Gasteiger partial charge in [-0.15, -0.1) is 0 Å². The van der Waals surface area contributed by atoms with E-state index in [0.29, 0.717) is 126 Å². The monoisotopic (exact) mass is 723 g/mol. The highest BCUT2D eigenvalue weighted by Gasteiger charge is 2.21. The molecule has 3 rings (SSSR count). The molecule has 13 nitrogen and oxygen atoms in total. The minimum Gasteiger partial charge on any atom is -0.384 e. The second kappa shape index (κ2) is 23.4. The number of nitrogens with zero attached hydrogens (tertiary/aromatic N) is 2. The van der Waals surface area contributed by atoms with E-state index < -0.39 is 5.91 Å². The average molecular weight is 724 g/mol. The quantitative estimate of drug-likeness (QED) is 0.0742. The number of rotatable bonds is 27. The molecule has 0 atom stereocenters. The van der Waals surface area contributed by atoms with Crippen molar-refractivity contribution in [3.05, 3.63) is 76.1 Å². The standard InChI is InChI=1S/C39H57N5O8/c1-28(2)25-36-37(31(5)45)30(4)43-44(36)33-11-12-34(38(40)46)35(27-33)41-13-7-15-48-17-19-50-21-23-52-24-22-51-20-18-49-16-8-14-42-39(47)32-10-6-9-29(3)26-32/h6,9-12,26-28,41H,7-8,13-25H2,1-5H3,(H2,40,46)(H,42,47). The number of nitrogens with one attached hydrogen (secondary N) is 2. The highest BCUT2D eigenvalue weighted by molar-refractivity contribution is 5.99. The van der Waals surface area contributed by atoms with Crippen molar-refractivity contribution in [1.29, 1.82) is 0 Å². The molecule has 0 aliphatic rings. The van der Waals surface area contributed by atoms with Gasteiger partial charge in [0.15, 0.2) is 5.78 Å². The largest absolute Gasteiger partial charge is 0.384 e. The van der Waals surface area contributed by atoms with Gasteiger partial charge in [-0.3, -0.25) is 14.4 Å². The summed E-state index contributed by atoms with van der Waals surface area (Å²) in [5.74, 6) is -0.291. The molecule has 13 heteroatoms. The van der Waals surface area contributed by atoms with Crippen molar-refractivity contribution >= 4 is 23.3 Å². The molecular formula is C39H57N5O8. The van der Waals surface area contributed by atoms with E-state index in [1.807, 2.05) is 38.1 Å².